The van der Waals surface area contributed by atoms with Crippen LogP contribution >= 0.6 is 0 Å². The van der Waals surface area contributed by atoms with Gasteiger partial charge in [0.15, 0.2) is 0 Å². The van der Waals surface area contributed by atoms with E-state index in [9.17, 15) is 18.3 Å². The van der Waals surface area contributed by atoms with Gasteiger partial charge in [-0.1, -0.05) is 66.2 Å². The van der Waals surface area contributed by atoms with Crippen molar-refractivity contribution >= 4 is 32.6 Å². The highest BCUT2D eigenvalue weighted by molar-refractivity contribution is 7.86. The van der Waals surface area contributed by atoms with E-state index in [4.69, 9.17) is 4.18 Å². The molecule has 0 saturated carbocycles. The van der Waals surface area contributed by atoms with Crippen molar-refractivity contribution in [2.45, 2.75) is 24.0 Å². The van der Waals surface area contributed by atoms with Crippen LogP contribution in [0.2, 0.25) is 0 Å². The van der Waals surface area contributed by atoms with Gasteiger partial charge in [0.1, 0.15) is 6.10 Å². The maximum absolute atomic E-state index is 12.8. The van der Waals surface area contributed by atoms with Crippen LogP contribution in [0.4, 0.5) is 5.69 Å². The number of benzene rings is 4. The summed E-state index contributed by atoms with van der Waals surface area (Å²) in [4.78, 5) is 12.6. The summed E-state index contributed by atoms with van der Waals surface area (Å²) in [6, 6.07) is 31.5. The molecule has 4 aromatic carbocycles. The fourth-order valence-corrected chi connectivity index (χ4v) is 5.44. The quantitative estimate of drug-likeness (QED) is 0.239. The Morgan fingerprint density at radius 3 is 2.26 bits per heavy atom. The number of nitrogens with zero attached hydrogens (tertiary/aromatic N) is 1. The number of hydrogen-bond acceptors (Lipinski definition) is 5. The largest absolute Gasteiger partial charge is 0.388 e. The summed E-state index contributed by atoms with van der Waals surface area (Å²) in [6.45, 7) is 1.44. The molecule has 1 amide bonds. The Labute approximate surface area is 227 Å². The van der Waals surface area contributed by atoms with E-state index < -0.39 is 28.9 Å². The number of aliphatic hydroxyl groups excluding tert-OH is 1. The molecule has 0 aliphatic carbocycles. The standard InChI is InChI=1S/C31H28N2O5S/c1-22-12-15-27(16-13-22)39(36,37)38-21-29(34)30(23-8-4-2-5-9-23)33-19-18-25-20-26(14-17-28(25)33)32-31(35)24-10-6-3-7-11-24/h2-20,29-30,34H,21H2,1H3,(H,32,35). The molecule has 5 aromatic rings. The molecule has 2 N–H and O–H groups in total. The number of aryl methyl sites for hydroxylation is 1. The molecule has 198 valence electrons. The SMILES string of the molecule is Cc1ccc(S(=O)(=O)OCC(O)C(c2ccccc2)n2ccc3cc(NC(=O)c4ccccc4)ccc32)cc1. The van der Waals surface area contributed by atoms with Crippen molar-refractivity contribution in [3.8, 4) is 0 Å². The van der Waals surface area contributed by atoms with E-state index in [1.807, 2.05) is 84.4 Å². The average Bonchev–Trinajstić information content (AvgIpc) is 3.36. The summed E-state index contributed by atoms with van der Waals surface area (Å²) in [7, 11) is -4.05. The topological polar surface area (TPSA) is 97.6 Å². The molecular formula is C31H28N2O5S. The van der Waals surface area contributed by atoms with Crippen molar-refractivity contribution in [1.29, 1.82) is 0 Å². The minimum atomic E-state index is -4.05. The number of anilines is 1. The van der Waals surface area contributed by atoms with Crippen LogP contribution in [0.1, 0.15) is 27.5 Å². The lowest BCUT2D eigenvalue weighted by Crippen LogP contribution is -2.30. The molecule has 0 aliphatic rings. The molecule has 2 unspecified atom stereocenters. The van der Waals surface area contributed by atoms with Gasteiger partial charge in [0.05, 0.1) is 17.5 Å². The molecule has 0 fully saturated rings. The van der Waals surface area contributed by atoms with Crippen LogP contribution in [0.3, 0.4) is 0 Å². The number of carbonyl (C=O) groups excluding carboxylic acids is 1. The molecule has 0 saturated heterocycles. The van der Waals surface area contributed by atoms with Gasteiger partial charge in [-0.3, -0.25) is 8.98 Å². The number of nitrogens with one attached hydrogen (secondary N) is 1. The van der Waals surface area contributed by atoms with Gasteiger partial charge in [-0.15, -0.1) is 0 Å². The van der Waals surface area contributed by atoms with Crippen LogP contribution in [0, 0.1) is 6.92 Å². The average molecular weight is 541 g/mol. The number of aliphatic hydroxyl groups is 1. The summed E-state index contributed by atoms with van der Waals surface area (Å²) in [5.74, 6) is -0.209. The zero-order valence-corrected chi connectivity index (χ0v) is 22.1. The fraction of sp³-hybridized carbons (Fsp3) is 0.129. The second-order valence-electron chi connectivity index (χ2n) is 9.29. The van der Waals surface area contributed by atoms with E-state index in [2.05, 4.69) is 5.32 Å². The molecule has 39 heavy (non-hydrogen) atoms. The van der Waals surface area contributed by atoms with E-state index in [1.165, 1.54) is 12.1 Å². The molecule has 2 atom stereocenters. The second kappa shape index (κ2) is 11.2. The number of aromatic nitrogens is 1. The Balaban J connectivity index is 1.41. The Morgan fingerprint density at radius 1 is 0.897 bits per heavy atom. The van der Waals surface area contributed by atoms with Gasteiger partial charge >= 0.3 is 0 Å². The summed E-state index contributed by atoms with van der Waals surface area (Å²) in [5, 5.41) is 15.0. The van der Waals surface area contributed by atoms with Gasteiger partial charge in [0.2, 0.25) is 0 Å². The Bertz CT molecular complexity index is 1680. The number of rotatable bonds is 9. The normalized spacial score (nSPS) is 13.2. The number of carbonyl (C=O) groups is 1. The maximum Gasteiger partial charge on any atom is 0.297 e. The van der Waals surface area contributed by atoms with Crippen LogP contribution in [-0.4, -0.2) is 36.7 Å². The smallest absolute Gasteiger partial charge is 0.297 e. The van der Waals surface area contributed by atoms with Crippen molar-refractivity contribution in [2.24, 2.45) is 0 Å². The van der Waals surface area contributed by atoms with E-state index in [-0.39, 0.29) is 10.8 Å². The van der Waals surface area contributed by atoms with Crippen LogP contribution < -0.4 is 5.32 Å². The molecule has 7 nitrogen and oxygen atoms in total. The van der Waals surface area contributed by atoms with Crippen LogP contribution in [-0.2, 0) is 14.3 Å². The van der Waals surface area contributed by atoms with Gasteiger partial charge in [0, 0.05) is 28.4 Å². The predicted molar refractivity (Wildman–Crippen MR) is 151 cm³/mol. The highest BCUT2D eigenvalue weighted by Crippen LogP contribution is 2.30. The molecule has 0 aliphatic heterocycles. The molecular weight excluding hydrogens is 512 g/mol. The second-order valence-corrected chi connectivity index (χ2v) is 10.9. The van der Waals surface area contributed by atoms with Gasteiger partial charge in [-0.05, 0) is 61.0 Å². The lowest BCUT2D eigenvalue weighted by Gasteiger charge is -2.26. The Kier molecular flexibility index (Phi) is 7.60. The first-order valence-corrected chi connectivity index (χ1v) is 13.9. The van der Waals surface area contributed by atoms with Crippen molar-refractivity contribution in [3.63, 3.8) is 0 Å². The Hall–Kier alpha value is -4.24. The summed E-state index contributed by atoms with van der Waals surface area (Å²) in [6.07, 6.45) is 0.656. The van der Waals surface area contributed by atoms with Gasteiger partial charge in [-0.25, -0.2) is 0 Å². The highest BCUT2D eigenvalue weighted by Gasteiger charge is 2.27. The van der Waals surface area contributed by atoms with E-state index in [0.717, 1.165) is 22.0 Å². The van der Waals surface area contributed by atoms with E-state index in [1.54, 1.807) is 30.3 Å². The molecule has 0 radical (unpaired) electrons. The van der Waals surface area contributed by atoms with Crippen LogP contribution in [0.25, 0.3) is 10.9 Å². The monoisotopic (exact) mass is 540 g/mol. The molecule has 0 spiro atoms. The summed E-state index contributed by atoms with van der Waals surface area (Å²) >= 11 is 0. The minimum absolute atomic E-state index is 0.0352. The molecule has 0 bridgehead atoms. The lowest BCUT2D eigenvalue weighted by molar-refractivity contribution is 0.0785. The predicted octanol–water partition coefficient (Wildman–Crippen LogP) is 5.56. The number of amides is 1. The zero-order chi connectivity index (χ0) is 27.4. The minimum Gasteiger partial charge on any atom is -0.388 e. The molecule has 1 aromatic heterocycles. The molecule has 8 heteroatoms. The lowest BCUT2D eigenvalue weighted by atomic mass is 10.0. The van der Waals surface area contributed by atoms with E-state index in [0.29, 0.717) is 11.3 Å². The van der Waals surface area contributed by atoms with Crippen molar-refractivity contribution in [3.05, 3.63) is 132 Å². The molecule has 5 rings (SSSR count). The van der Waals surface area contributed by atoms with Gasteiger partial charge in [0.25, 0.3) is 16.0 Å². The van der Waals surface area contributed by atoms with Crippen molar-refractivity contribution < 1.29 is 22.5 Å². The highest BCUT2D eigenvalue weighted by atomic mass is 32.2. The van der Waals surface area contributed by atoms with Gasteiger partial charge < -0.3 is 15.0 Å². The zero-order valence-electron chi connectivity index (χ0n) is 21.3. The number of fused-ring (bicyclic) bond motifs is 1. The summed E-state index contributed by atoms with van der Waals surface area (Å²) < 4.78 is 32.7. The van der Waals surface area contributed by atoms with Crippen LogP contribution in [0.15, 0.2) is 120 Å². The first-order valence-electron chi connectivity index (χ1n) is 12.5. The van der Waals surface area contributed by atoms with Crippen molar-refractivity contribution in [2.75, 3.05) is 11.9 Å². The fourth-order valence-electron chi connectivity index (χ4n) is 4.52. The third-order valence-electron chi connectivity index (χ3n) is 6.52. The van der Waals surface area contributed by atoms with E-state index >= 15 is 0 Å². The van der Waals surface area contributed by atoms with Crippen molar-refractivity contribution in [1.82, 2.24) is 4.57 Å². The number of hydrogen-bond donors (Lipinski definition) is 2. The third kappa shape index (κ3) is 5.93. The first kappa shape index (κ1) is 26.4. The maximum atomic E-state index is 12.8. The first-order chi connectivity index (χ1) is 18.8. The summed E-state index contributed by atoms with van der Waals surface area (Å²) in [5.41, 5.74) is 3.73. The van der Waals surface area contributed by atoms with Gasteiger partial charge in [-0.2, -0.15) is 8.42 Å². The molecule has 1 heterocycles. The van der Waals surface area contributed by atoms with Crippen LogP contribution in [0.5, 0.6) is 0 Å². The Morgan fingerprint density at radius 2 is 1.56 bits per heavy atom. The third-order valence-corrected chi connectivity index (χ3v) is 7.82.